The van der Waals surface area contributed by atoms with Gasteiger partial charge in [-0.2, -0.15) is 11.8 Å². The fourth-order valence-corrected chi connectivity index (χ4v) is 2.26. The standard InChI is InChI=1S/C15H19FN2O4S/c1-15(2,14(21)22)18-12(19)7-8-23-9-13(20)17-11-5-3-10(16)4-6-11/h3-6H,7-9H2,1-2H3,(H,17,20)(H,18,19)(H,21,22). The monoisotopic (exact) mass is 342 g/mol. The van der Waals surface area contributed by atoms with Gasteiger partial charge >= 0.3 is 5.97 Å². The largest absolute Gasteiger partial charge is 0.480 e. The number of aliphatic carboxylic acids is 1. The quantitative estimate of drug-likeness (QED) is 0.627. The Morgan fingerprint density at radius 1 is 1.17 bits per heavy atom. The first kappa shape index (κ1) is 19.0. The number of hydrogen-bond donors (Lipinski definition) is 3. The number of hydrogen-bond acceptors (Lipinski definition) is 4. The van der Waals surface area contributed by atoms with Gasteiger partial charge in [0.1, 0.15) is 11.4 Å². The first-order valence-corrected chi connectivity index (χ1v) is 8.04. The van der Waals surface area contributed by atoms with Gasteiger partial charge in [-0.05, 0) is 38.1 Å². The molecule has 0 spiro atoms. The van der Waals surface area contributed by atoms with Gasteiger partial charge in [0.05, 0.1) is 5.75 Å². The molecule has 0 saturated heterocycles. The van der Waals surface area contributed by atoms with Crippen molar-refractivity contribution in [3.8, 4) is 0 Å². The van der Waals surface area contributed by atoms with E-state index in [4.69, 9.17) is 5.11 Å². The lowest BCUT2D eigenvalue weighted by molar-refractivity contribution is -0.145. The Balaban J connectivity index is 2.24. The molecule has 6 nitrogen and oxygen atoms in total. The van der Waals surface area contributed by atoms with Crippen LogP contribution in [0, 0.1) is 5.82 Å². The number of amides is 2. The van der Waals surface area contributed by atoms with Gasteiger partial charge in [-0.3, -0.25) is 9.59 Å². The van der Waals surface area contributed by atoms with Gasteiger partial charge in [0.15, 0.2) is 0 Å². The van der Waals surface area contributed by atoms with Gasteiger partial charge in [0.25, 0.3) is 0 Å². The van der Waals surface area contributed by atoms with Crippen molar-refractivity contribution in [3.63, 3.8) is 0 Å². The minimum absolute atomic E-state index is 0.116. The molecule has 0 bridgehead atoms. The number of rotatable bonds is 8. The SMILES string of the molecule is CC(C)(NC(=O)CCSCC(=O)Nc1ccc(F)cc1)C(=O)O. The maximum absolute atomic E-state index is 12.7. The second-order valence-corrected chi connectivity index (χ2v) is 6.44. The van der Waals surface area contributed by atoms with E-state index in [0.29, 0.717) is 11.4 Å². The van der Waals surface area contributed by atoms with Crippen molar-refractivity contribution in [1.29, 1.82) is 0 Å². The normalized spacial score (nSPS) is 10.9. The van der Waals surface area contributed by atoms with Crippen molar-refractivity contribution in [2.45, 2.75) is 25.8 Å². The van der Waals surface area contributed by atoms with Crippen LogP contribution >= 0.6 is 11.8 Å². The fraction of sp³-hybridized carbons (Fsp3) is 0.400. The van der Waals surface area contributed by atoms with Crippen LogP contribution in [-0.2, 0) is 14.4 Å². The Bertz CT molecular complexity index is 575. The number of anilines is 1. The molecule has 1 rings (SSSR count). The maximum atomic E-state index is 12.7. The second kappa shape index (κ2) is 8.52. The highest BCUT2D eigenvalue weighted by atomic mass is 32.2. The highest BCUT2D eigenvalue weighted by Crippen LogP contribution is 2.10. The first-order chi connectivity index (χ1) is 10.7. The van der Waals surface area contributed by atoms with Gasteiger partial charge in [-0.1, -0.05) is 0 Å². The van der Waals surface area contributed by atoms with Crippen LogP contribution in [0.2, 0.25) is 0 Å². The predicted octanol–water partition coefficient (Wildman–Crippen LogP) is 1.87. The molecule has 1 aromatic carbocycles. The van der Waals surface area contributed by atoms with Crippen LogP contribution in [0.3, 0.4) is 0 Å². The van der Waals surface area contributed by atoms with Crippen LogP contribution in [-0.4, -0.2) is 39.9 Å². The van der Waals surface area contributed by atoms with Crippen molar-refractivity contribution in [1.82, 2.24) is 5.32 Å². The van der Waals surface area contributed by atoms with E-state index >= 15 is 0 Å². The number of carboxylic acids is 1. The smallest absolute Gasteiger partial charge is 0.328 e. The van der Waals surface area contributed by atoms with Gasteiger partial charge in [0.2, 0.25) is 11.8 Å². The zero-order valence-corrected chi connectivity index (χ0v) is 13.7. The molecule has 0 atom stereocenters. The molecule has 1 aromatic rings. The molecular formula is C15H19FN2O4S. The molecule has 0 heterocycles. The summed E-state index contributed by atoms with van der Waals surface area (Å²) >= 11 is 1.25. The van der Waals surface area contributed by atoms with Crippen molar-refractivity contribution in [2.24, 2.45) is 0 Å². The van der Waals surface area contributed by atoms with Gasteiger partial charge in [-0.25, -0.2) is 9.18 Å². The lowest BCUT2D eigenvalue weighted by Gasteiger charge is -2.20. The van der Waals surface area contributed by atoms with Crippen LogP contribution in [0.25, 0.3) is 0 Å². The lowest BCUT2D eigenvalue weighted by atomic mass is 10.1. The summed E-state index contributed by atoms with van der Waals surface area (Å²) in [6, 6.07) is 5.41. The zero-order chi connectivity index (χ0) is 17.5. The van der Waals surface area contributed by atoms with Crippen molar-refractivity contribution in [3.05, 3.63) is 30.1 Å². The number of thioether (sulfide) groups is 1. The van der Waals surface area contributed by atoms with Gasteiger partial charge in [0, 0.05) is 17.9 Å². The maximum Gasteiger partial charge on any atom is 0.328 e. The van der Waals surface area contributed by atoms with Crippen molar-refractivity contribution < 1.29 is 23.9 Å². The van der Waals surface area contributed by atoms with E-state index in [9.17, 15) is 18.8 Å². The number of benzene rings is 1. The van der Waals surface area contributed by atoms with Crippen LogP contribution in [0.5, 0.6) is 0 Å². The molecule has 3 N–H and O–H groups in total. The Morgan fingerprint density at radius 2 is 1.78 bits per heavy atom. The molecule has 0 saturated carbocycles. The average Bonchev–Trinajstić information content (AvgIpc) is 2.45. The number of nitrogens with one attached hydrogen (secondary N) is 2. The van der Waals surface area contributed by atoms with Crippen LogP contribution in [0.15, 0.2) is 24.3 Å². The first-order valence-electron chi connectivity index (χ1n) is 6.88. The molecule has 0 aliphatic carbocycles. The summed E-state index contributed by atoms with van der Waals surface area (Å²) in [5.74, 6) is -1.60. The average molecular weight is 342 g/mol. The summed E-state index contributed by atoms with van der Waals surface area (Å²) in [4.78, 5) is 34.1. The van der Waals surface area contributed by atoms with E-state index in [1.807, 2.05) is 0 Å². The molecule has 0 aliphatic rings. The minimum atomic E-state index is -1.32. The summed E-state index contributed by atoms with van der Waals surface area (Å²) in [6.07, 6.45) is 0.116. The predicted molar refractivity (Wildman–Crippen MR) is 86.8 cm³/mol. The Kier molecular flexibility index (Phi) is 7.02. The lowest BCUT2D eigenvalue weighted by Crippen LogP contribution is -2.49. The topological polar surface area (TPSA) is 95.5 Å². The molecule has 2 amide bonds. The van der Waals surface area contributed by atoms with Crippen LogP contribution < -0.4 is 10.6 Å². The highest BCUT2D eigenvalue weighted by molar-refractivity contribution is 7.99. The van der Waals surface area contributed by atoms with Crippen LogP contribution in [0.1, 0.15) is 20.3 Å². The number of carbonyl (C=O) groups excluding carboxylic acids is 2. The molecule has 0 unspecified atom stereocenters. The van der Waals surface area contributed by atoms with Gasteiger partial charge < -0.3 is 15.7 Å². The van der Waals surface area contributed by atoms with E-state index in [2.05, 4.69) is 10.6 Å². The Labute approximate surface area is 137 Å². The second-order valence-electron chi connectivity index (χ2n) is 5.34. The summed E-state index contributed by atoms with van der Waals surface area (Å²) < 4.78 is 12.7. The van der Waals surface area contributed by atoms with E-state index < -0.39 is 11.5 Å². The molecule has 0 radical (unpaired) electrons. The van der Waals surface area contributed by atoms with E-state index in [0.717, 1.165) is 0 Å². The third kappa shape index (κ3) is 7.14. The van der Waals surface area contributed by atoms with Crippen molar-refractivity contribution in [2.75, 3.05) is 16.8 Å². The van der Waals surface area contributed by atoms with E-state index in [-0.39, 0.29) is 29.8 Å². The fourth-order valence-electron chi connectivity index (χ4n) is 1.52. The van der Waals surface area contributed by atoms with Crippen molar-refractivity contribution >= 4 is 35.2 Å². The third-order valence-electron chi connectivity index (χ3n) is 2.82. The molecule has 8 heteroatoms. The van der Waals surface area contributed by atoms with Crippen LogP contribution in [0.4, 0.5) is 10.1 Å². The molecular weight excluding hydrogens is 323 g/mol. The number of carboxylic acid groups (broad SMARTS) is 1. The number of halogens is 1. The summed E-state index contributed by atoms with van der Waals surface area (Å²) in [5.41, 5.74) is -0.820. The highest BCUT2D eigenvalue weighted by Gasteiger charge is 2.28. The zero-order valence-electron chi connectivity index (χ0n) is 12.9. The molecule has 23 heavy (non-hydrogen) atoms. The summed E-state index contributed by atoms with van der Waals surface area (Å²) in [5, 5.41) is 13.9. The van der Waals surface area contributed by atoms with E-state index in [1.165, 1.54) is 49.9 Å². The summed E-state index contributed by atoms with van der Waals surface area (Å²) in [7, 11) is 0. The van der Waals surface area contributed by atoms with Gasteiger partial charge in [-0.15, -0.1) is 0 Å². The minimum Gasteiger partial charge on any atom is -0.480 e. The molecule has 0 aromatic heterocycles. The Morgan fingerprint density at radius 3 is 2.35 bits per heavy atom. The van der Waals surface area contributed by atoms with E-state index in [1.54, 1.807) is 0 Å². The summed E-state index contributed by atoms with van der Waals surface area (Å²) in [6.45, 7) is 2.80. The Hall–Kier alpha value is -2.09. The third-order valence-corrected chi connectivity index (χ3v) is 3.78. The number of carbonyl (C=O) groups is 3. The molecule has 0 fully saturated rings. The molecule has 126 valence electrons. The molecule has 0 aliphatic heterocycles.